The molecule has 7 heteroatoms. The summed E-state index contributed by atoms with van der Waals surface area (Å²) in [6.07, 6.45) is 1.83. The first-order chi connectivity index (χ1) is 9.44. The van der Waals surface area contributed by atoms with Gasteiger partial charge in [0.2, 0.25) is 0 Å². The molecule has 5 nitrogen and oxygen atoms in total. The summed E-state index contributed by atoms with van der Waals surface area (Å²) in [6, 6.07) is 8.21. The molecule has 1 aromatic carbocycles. The van der Waals surface area contributed by atoms with Crippen molar-refractivity contribution in [3.05, 3.63) is 29.8 Å². The second-order valence-electron chi connectivity index (χ2n) is 4.36. The van der Waals surface area contributed by atoms with Gasteiger partial charge in [0, 0.05) is 23.8 Å². The quantitative estimate of drug-likeness (QED) is 0.676. The molecule has 0 fully saturated rings. The number of rotatable bonds is 9. The highest BCUT2D eigenvalue weighted by Gasteiger charge is 2.07. The van der Waals surface area contributed by atoms with Crippen molar-refractivity contribution in [1.29, 1.82) is 0 Å². The first-order valence-corrected chi connectivity index (χ1v) is 8.79. The van der Waals surface area contributed by atoms with Crippen LogP contribution < -0.4 is 10.1 Å². The van der Waals surface area contributed by atoms with Crippen LogP contribution in [0.3, 0.4) is 0 Å². The van der Waals surface area contributed by atoms with Crippen LogP contribution in [0.5, 0.6) is 5.75 Å². The van der Waals surface area contributed by atoms with Gasteiger partial charge in [0.1, 0.15) is 5.75 Å². The third-order valence-electron chi connectivity index (χ3n) is 2.90. The number of nitrogens with one attached hydrogen (secondary N) is 1. The molecule has 2 N–H and O–H groups in total. The number of hydrogen-bond donors (Lipinski definition) is 2. The summed E-state index contributed by atoms with van der Waals surface area (Å²) < 4.78 is 29.3. The first kappa shape index (κ1) is 17.3. The van der Waals surface area contributed by atoms with Crippen LogP contribution in [0.2, 0.25) is 0 Å². The molecule has 114 valence electrons. The normalized spacial score (nSPS) is 15.6. The summed E-state index contributed by atoms with van der Waals surface area (Å²) in [6.45, 7) is 2.70. The Hall–Kier alpha value is -0.730. The molecule has 20 heavy (non-hydrogen) atoms. The lowest BCUT2D eigenvalue weighted by molar-refractivity contribution is 0.293. The van der Waals surface area contributed by atoms with E-state index in [1.54, 1.807) is 7.11 Å². The van der Waals surface area contributed by atoms with Gasteiger partial charge < -0.3 is 10.1 Å². The van der Waals surface area contributed by atoms with Gasteiger partial charge in [-0.3, -0.25) is 8.74 Å². The minimum absolute atomic E-state index is 0.123. The molecule has 0 aliphatic carbocycles. The van der Waals surface area contributed by atoms with Gasteiger partial charge in [-0.25, -0.2) is 0 Å². The Kier molecular flexibility index (Phi) is 7.39. The summed E-state index contributed by atoms with van der Waals surface area (Å²) in [5, 5.41) is 3.28. The van der Waals surface area contributed by atoms with Crippen molar-refractivity contribution in [3.8, 4) is 5.75 Å². The van der Waals surface area contributed by atoms with Gasteiger partial charge in [-0.2, -0.15) is 4.21 Å². The Morgan fingerprint density at radius 2 is 2.05 bits per heavy atom. The van der Waals surface area contributed by atoms with Gasteiger partial charge in [-0.1, -0.05) is 19.1 Å². The van der Waals surface area contributed by atoms with Gasteiger partial charge in [-0.15, -0.1) is 0 Å². The zero-order chi connectivity index (χ0) is 15.0. The molecule has 0 saturated carbocycles. The monoisotopic (exact) mass is 319 g/mol. The molecule has 0 amide bonds. The van der Waals surface area contributed by atoms with E-state index in [0.29, 0.717) is 6.54 Å². The SMILES string of the molecule is CCC(Cc1ccc(OC)cc1)NCCOS(=O)(O)=S. The molecule has 2 unspecified atom stereocenters. The topological polar surface area (TPSA) is 67.8 Å². The predicted molar refractivity (Wildman–Crippen MR) is 82.9 cm³/mol. The third-order valence-corrected chi connectivity index (χ3v) is 3.65. The summed E-state index contributed by atoms with van der Waals surface area (Å²) in [7, 11) is -1.87. The summed E-state index contributed by atoms with van der Waals surface area (Å²) in [4.78, 5) is 0. The van der Waals surface area contributed by atoms with Crippen LogP contribution in [0.1, 0.15) is 18.9 Å². The standard InChI is InChI=1S/C13H21NO4S2/c1-3-12(14-8-9-18-20(15,16)19)10-11-4-6-13(17-2)7-5-11/h4-7,12,14H,3,8-10H2,1-2H3,(H,15,16,19). The first-order valence-electron chi connectivity index (χ1n) is 6.42. The molecule has 1 rings (SSSR count). The fourth-order valence-corrected chi connectivity index (χ4v) is 2.32. The zero-order valence-electron chi connectivity index (χ0n) is 11.7. The molecule has 0 aromatic heterocycles. The molecule has 0 spiro atoms. The van der Waals surface area contributed by atoms with Crippen LogP contribution in [-0.4, -0.2) is 35.1 Å². The second-order valence-corrected chi connectivity index (χ2v) is 6.72. The van der Waals surface area contributed by atoms with E-state index < -0.39 is 9.05 Å². The van der Waals surface area contributed by atoms with E-state index in [0.717, 1.165) is 18.6 Å². The van der Waals surface area contributed by atoms with Gasteiger partial charge in [0.05, 0.1) is 13.7 Å². The molecule has 0 heterocycles. The Balaban J connectivity index is 2.38. The molecule has 0 radical (unpaired) electrons. The minimum atomic E-state index is -3.52. The number of hydrogen-bond acceptors (Lipinski definition) is 5. The van der Waals surface area contributed by atoms with E-state index in [9.17, 15) is 4.21 Å². The van der Waals surface area contributed by atoms with Crippen molar-refractivity contribution in [1.82, 2.24) is 5.32 Å². The van der Waals surface area contributed by atoms with Crippen molar-refractivity contribution in [2.24, 2.45) is 0 Å². The average Bonchev–Trinajstić information content (AvgIpc) is 2.42. The van der Waals surface area contributed by atoms with Gasteiger partial charge in [-0.05, 0) is 30.5 Å². The van der Waals surface area contributed by atoms with Crippen LogP contribution in [0.25, 0.3) is 0 Å². The lowest BCUT2D eigenvalue weighted by Gasteiger charge is -2.17. The molecule has 0 aliphatic heterocycles. The predicted octanol–water partition coefficient (Wildman–Crippen LogP) is 1.76. The lowest BCUT2D eigenvalue weighted by Crippen LogP contribution is -2.33. The fourth-order valence-electron chi connectivity index (χ4n) is 1.82. The van der Waals surface area contributed by atoms with Crippen molar-refractivity contribution in [2.75, 3.05) is 20.3 Å². The van der Waals surface area contributed by atoms with E-state index in [1.165, 1.54) is 5.56 Å². The molecule has 0 aliphatic rings. The Labute approximate surface area is 125 Å². The molecule has 0 saturated heterocycles. The summed E-state index contributed by atoms with van der Waals surface area (Å²) in [5.41, 5.74) is 1.21. The van der Waals surface area contributed by atoms with Crippen LogP contribution in [0.15, 0.2) is 24.3 Å². The van der Waals surface area contributed by atoms with Gasteiger partial charge in [0.15, 0.2) is 0 Å². The van der Waals surface area contributed by atoms with Crippen LogP contribution in [-0.2, 0) is 30.8 Å². The highest BCUT2D eigenvalue weighted by atomic mass is 32.9. The van der Waals surface area contributed by atoms with E-state index in [2.05, 4.69) is 27.6 Å². The average molecular weight is 319 g/mol. The zero-order valence-corrected chi connectivity index (χ0v) is 13.3. The molecular formula is C13H21NO4S2. The molecular weight excluding hydrogens is 298 g/mol. The van der Waals surface area contributed by atoms with Crippen LogP contribution >= 0.6 is 0 Å². The van der Waals surface area contributed by atoms with E-state index in [1.807, 2.05) is 24.3 Å². The molecule has 0 bridgehead atoms. The summed E-state index contributed by atoms with van der Waals surface area (Å²) in [5.74, 6) is 0.839. The minimum Gasteiger partial charge on any atom is -0.497 e. The molecule has 2 atom stereocenters. The largest absolute Gasteiger partial charge is 0.497 e. The summed E-state index contributed by atoms with van der Waals surface area (Å²) >= 11 is 4.24. The maximum Gasteiger partial charge on any atom is 0.266 e. The number of benzene rings is 1. The van der Waals surface area contributed by atoms with Crippen molar-refractivity contribution < 1.29 is 17.7 Å². The number of methoxy groups -OCH3 is 1. The highest BCUT2D eigenvalue weighted by Crippen LogP contribution is 2.13. The van der Waals surface area contributed by atoms with Gasteiger partial charge in [0.25, 0.3) is 9.05 Å². The van der Waals surface area contributed by atoms with E-state index in [-0.39, 0.29) is 12.6 Å². The van der Waals surface area contributed by atoms with Gasteiger partial charge >= 0.3 is 0 Å². The Morgan fingerprint density at radius 1 is 1.40 bits per heavy atom. The van der Waals surface area contributed by atoms with Crippen molar-refractivity contribution in [2.45, 2.75) is 25.8 Å². The van der Waals surface area contributed by atoms with Crippen molar-refractivity contribution >= 4 is 20.2 Å². The maximum atomic E-state index is 10.8. The Morgan fingerprint density at radius 3 is 2.55 bits per heavy atom. The van der Waals surface area contributed by atoms with E-state index >= 15 is 0 Å². The second kappa shape index (κ2) is 8.53. The smallest absolute Gasteiger partial charge is 0.266 e. The third kappa shape index (κ3) is 7.16. The highest BCUT2D eigenvalue weighted by molar-refractivity contribution is 8.27. The maximum absolute atomic E-state index is 10.8. The van der Waals surface area contributed by atoms with Crippen LogP contribution in [0, 0.1) is 0 Å². The lowest BCUT2D eigenvalue weighted by atomic mass is 10.0. The Bertz CT molecular complexity index is 488. The van der Waals surface area contributed by atoms with Crippen molar-refractivity contribution in [3.63, 3.8) is 0 Å². The molecule has 1 aromatic rings. The number of ether oxygens (including phenoxy) is 1. The van der Waals surface area contributed by atoms with Crippen LogP contribution in [0.4, 0.5) is 0 Å². The fraction of sp³-hybridized carbons (Fsp3) is 0.538. The van der Waals surface area contributed by atoms with E-state index in [4.69, 9.17) is 9.29 Å².